The molecule has 0 radical (unpaired) electrons. The van der Waals surface area contributed by atoms with E-state index in [1.54, 1.807) is 0 Å². The molecule has 0 amide bonds. The highest BCUT2D eigenvalue weighted by molar-refractivity contribution is 5.67. The van der Waals surface area contributed by atoms with Gasteiger partial charge in [0.25, 0.3) is 0 Å². The van der Waals surface area contributed by atoms with Crippen LogP contribution in [0.4, 0.5) is 0 Å². The first-order valence-corrected chi connectivity index (χ1v) is 4.22. The summed E-state index contributed by atoms with van der Waals surface area (Å²) in [6.45, 7) is 2.17. The van der Waals surface area contributed by atoms with Gasteiger partial charge in [0.2, 0.25) is 0 Å². The van der Waals surface area contributed by atoms with Gasteiger partial charge in [0, 0.05) is 11.8 Å². The Hall–Kier alpha value is -1.31. The number of allylic oxidation sites excluding steroid dienone is 4. The average molecular weight is 160 g/mol. The smallest absolute Gasteiger partial charge is 0.0562 e. The molecule has 1 aromatic heterocycles. The maximum atomic E-state index is 3.93. The van der Waals surface area contributed by atoms with Gasteiger partial charge in [0.05, 0.1) is 6.20 Å². The summed E-state index contributed by atoms with van der Waals surface area (Å²) in [5, 5.41) is 6.76. The molecule has 62 valence electrons. The zero-order valence-electron chi connectivity index (χ0n) is 7.17. The van der Waals surface area contributed by atoms with Crippen LogP contribution >= 0.6 is 0 Å². The molecule has 2 rings (SSSR count). The zero-order valence-corrected chi connectivity index (χ0v) is 7.17. The van der Waals surface area contributed by atoms with Crippen LogP contribution in [0.25, 0.3) is 5.57 Å². The molecule has 1 aromatic rings. The fourth-order valence-corrected chi connectivity index (χ4v) is 1.41. The van der Waals surface area contributed by atoms with E-state index in [-0.39, 0.29) is 0 Å². The van der Waals surface area contributed by atoms with E-state index >= 15 is 0 Å². The van der Waals surface area contributed by atoms with E-state index in [9.17, 15) is 0 Å². The minimum Gasteiger partial charge on any atom is -0.285 e. The fraction of sp³-hybridized carbons (Fsp3) is 0.300. The summed E-state index contributed by atoms with van der Waals surface area (Å²) in [6.07, 6.45) is 10.5. The fourth-order valence-electron chi connectivity index (χ4n) is 1.41. The van der Waals surface area contributed by atoms with Gasteiger partial charge >= 0.3 is 0 Å². The van der Waals surface area contributed by atoms with Gasteiger partial charge in [-0.1, -0.05) is 17.7 Å². The van der Waals surface area contributed by atoms with Crippen molar-refractivity contribution >= 4 is 5.57 Å². The first-order chi connectivity index (χ1) is 5.86. The molecule has 12 heavy (non-hydrogen) atoms. The molecule has 1 aliphatic rings. The van der Waals surface area contributed by atoms with Crippen LogP contribution in [-0.2, 0) is 0 Å². The molecule has 1 aliphatic carbocycles. The maximum Gasteiger partial charge on any atom is 0.0562 e. The van der Waals surface area contributed by atoms with Crippen molar-refractivity contribution in [2.24, 2.45) is 0 Å². The number of nitrogens with zero attached hydrogens (tertiary/aromatic N) is 1. The summed E-state index contributed by atoms with van der Waals surface area (Å²) < 4.78 is 0. The van der Waals surface area contributed by atoms with E-state index in [4.69, 9.17) is 0 Å². The topological polar surface area (TPSA) is 28.7 Å². The van der Waals surface area contributed by atoms with Crippen LogP contribution in [0.2, 0.25) is 0 Å². The van der Waals surface area contributed by atoms with Crippen LogP contribution < -0.4 is 0 Å². The predicted octanol–water partition coefficient (Wildman–Crippen LogP) is 2.53. The number of hydrogen-bond acceptors (Lipinski definition) is 1. The summed E-state index contributed by atoms with van der Waals surface area (Å²) in [5.74, 6) is 0. The number of aromatic amines is 1. The highest BCUT2D eigenvalue weighted by Gasteiger charge is 2.05. The van der Waals surface area contributed by atoms with Crippen molar-refractivity contribution in [1.29, 1.82) is 0 Å². The third kappa shape index (κ3) is 1.33. The number of hydrogen-bond donors (Lipinski definition) is 1. The van der Waals surface area contributed by atoms with Crippen LogP contribution in [0, 0.1) is 0 Å². The van der Waals surface area contributed by atoms with Crippen LogP contribution in [0.5, 0.6) is 0 Å². The minimum absolute atomic E-state index is 1.14. The van der Waals surface area contributed by atoms with Gasteiger partial charge in [-0.2, -0.15) is 5.10 Å². The molecule has 0 bridgehead atoms. The number of H-pyrrole nitrogens is 1. The van der Waals surface area contributed by atoms with Gasteiger partial charge < -0.3 is 0 Å². The van der Waals surface area contributed by atoms with Crippen LogP contribution in [0.15, 0.2) is 30.1 Å². The van der Waals surface area contributed by atoms with E-state index < -0.39 is 0 Å². The Balaban J connectivity index is 2.27. The standard InChI is InChI=1S/C10H12N2/c1-8-2-4-9(5-3-8)10-6-11-12-7-10/h2,4,6-7H,3,5H2,1H3,(H,11,12). The van der Waals surface area contributed by atoms with Gasteiger partial charge in [-0.3, -0.25) is 5.10 Å². The van der Waals surface area contributed by atoms with Crippen molar-refractivity contribution in [3.63, 3.8) is 0 Å². The molecule has 1 heterocycles. The predicted molar refractivity (Wildman–Crippen MR) is 49.6 cm³/mol. The Morgan fingerprint density at radius 3 is 2.83 bits per heavy atom. The van der Waals surface area contributed by atoms with Crippen molar-refractivity contribution in [3.05, 3.63) is 35.7 Å². The second-order valence-electron chi connectivity index (χ2n) is 3.19. The Bertz CT molecular complexity index is 318. The second kappa shape index (κ2) is 2.97. The zero-order chi connectivity index (χ0) is 8.39. The van der Waals surface area contributed by atoms with E-state index in [1.165, 1.54) is 23.1 Å². The summed E-state index contributed by atoms with van der Waals surface area (Å²) in [6, 6.07) is 0. The summed E-state index contributed by atoms with van der Waals surface area (Å²) in [5.41, 5.74) is 4.07. The molecular weight excluding hydrogens is 148 g/mol. The third-order valence-corrected chi connectivity index (χ3v) is 2.23. The first-order valence-electron chi connectivity index (χ1n) is 4.22. The number of rotatable bonds is 1. The Kier molecular flexibility index (Phi) is 1.82. The highest BCUT2D eigenvalue weighted by Crippen LogP contribution is 2.25. The molecule has 0 aliphatic heterocycles. The Morgan fingerprint density at radius 1 is 1.33 bits per heavy atom. The number of nitrogens with one attached hydrogen (secondary N) is 1. The lowest BCUT2D eigenvalue weighted by atomic mass is 9.96. The van der Waals surface area contributed by atoms with Crippen molar-refractivity contribution in [2.75, 3.05) is 0 Å². The lowest BCUT2D eigenvalue weighted by molar-refractivity contribution is 0.977. The molecule has 0 spiro atoms. The first kappa shape index (κ1) is 7.35. The maximum absolute atomic E-state index is 3.93. The van der Waals surface area contributed by atoms with Gasteiger partial charge in [-0.15, -0.1) is 0 Å². The van der Waals surface area contributed by atoms with Crippen molar-refractivity contribution in [2.45, 2.75) is 19.8 Å². The van der Waals surface area contributed by atoms with Gasteiger partial charge in [-0.05, 0) is 25.3 Å². The molecule has 0 atom stereocenters. The van der Waals surface area contributed by atoms with Crippen molar-refractivity contribution < 1.29 is 0 Å². The van der Waals surface area contributed by atoms with Gasteiger partial charge in [0.15, 0.2) is 0 Å². The highest BCUT2D eigenvalue weighted by atomic mass is 15.1. The van der Waals surface area contributed by atoms with Gasteiger partial charge in [-0.25, -0.2) is 0 Å². The molecule has 0 saturated heterocycles. The molecule has 2 nitrogen and oxygen atoms in total. The molecule has 0 unspecified atom stereocenters. The monoisotopic (exact) mass is 160 g/mol. The van der Waals surface area contributed by atoms with E-state index in [2.05, 4.69) is 29.3 Å². The van der Waals surface area contributed by atoms with E-state index in [1.807, 2.05) is 12.4 Å². The molecular formula is C10H12N2. The Labute approximate surface area is 72.0 Å². The summed E-state index contributed by atoms with van der Waals surface area (Å²) >= 11 is 0. The van der Waals surface area contributed by atoms with Crippen molar-refractivity contribution in [1.82, 2.24) is 10.2 Å². The molecule has 0 saturated carbocycles. The van der Waals surface area contributed by atoms with Crippen molar-refractivity contribution in [3.8, 4) is 0 Å². The lowest BCUT2D eigenvalue weighted by Crippen LogP contribution is -1.89. The second-order valence-corrected chi connectivity index (χ2v) is 3.19. The normalized spacial score (nSPS) is 17.1. The van der Waals surface area contributed by atoms with E-state index in [0.29, 0.717) is 0 Å². The molecule has 0 fully saturated rings. The SMILES string of the molecule is CC1=CC=C(c2cn[nH]c2)CC1. The minimum atomic E-state index is 1.14. The summed E-state index contributed by atoms with van der Waals surface area (Å²) in [7, 11) is 0. The number of aromatic nitrogens is 2. The quantitative estimate of drug-likeness (QED) is 0.672. The van der Waals surface area contributed by atoms with E-state index in [0.717, 1.165) is 6.42 Å². The molecule has 2 heteroatoms. The largest absolute Gasteiger partial charge is 0.285 e. The van der Waals surface area contributed by atoms with Gasteiger partial charge in [0.1, 0.15) is 0 Å². The van der Waals surface area contributed by atoms with Crippen LogP contribution in [0.1, 0.15) is 25.3 Å². The summed E-state index contributed by atoms with van der Waals surface area (Å²) in [4.78, 5) is 0. The average Bonchev–Trinajstić information content (AvgIpc) is 2.58. The van der Waals surface area contributed by atoms with Crippen LogP contribution in [-0.4, -0.2) is 10.2 Å². The third-order valence-electron chi connectivity index (χ3n) is 2.23. The lowest BCUT2D eigenvalue weighted by Gasteiger charge is -2.09. The Morgan fingerprint density at radius 2 is 2.25 bits per heavy atom. The van der Waals surface area contributed by atoms with Crippen LogP contribution in [0.3, 0.4) is 0 Å². The molecule has 1 N–H and O–H groups in total. The molecule has 0 aromatic carbocycles.